The number of rotatable bonds is 10. The van der Waals surface area contributed by atoms with Crippen molar-refractivity contribution in [2.75, 3.05) is 62.6 Å². The third kappa shape index (κ3) is 8.92. The number of carbonyl (C=O) groups excluding carboxylic acids is 4. The highest BCUT2D eigenvalue weighted by Gasteiger charge is 2.44. The number of carbonyl (C=O) groups is 4. The lowest BCUT2D eigenvalue weighted by atomic mass is 9.88. The van der Waals surface area contributed by atoms with Crippen LogP contribution in [0.2, 0.25) is 0 Å². The molecule has 14 nitrogen and oxygen atoms in total. The molecule has 0 unspecified atom stereocenters. The van der Waals surface area contributed by atoms with E-state index in [-0.39, 0.29) is 36.1 Å². The fourth-order valence-corrected chi connectivity index (χ4v) is 9.83. The van der Waals surface area contributed by atoms with Crippen LogP contribution in [0.1, 0.15) is 43.2 Å². The molecular weight excluding hydrogens is 846 g/mol. The SMILES string of the molecule is NC(=O)[C@@H](Cc1cc(Br)c(O)c(Br)c1)N(C(=O)N1CCC(N2Cc3ccccc3NC2=O)CC1)[C@H](CC1CCNCC1)C(=O)N1CCN(c2ccncc2)CC1. The van der Waals surface area contributed by atoms with E-state index in [1.54, 1.807) is 29.4 Å². The molecule has 5 heterocycles. The van der Waals surface area contributed by atoms with Crippen molar-refractivity contribution in [2.45, 2.75) is 63.2 Å². The number of para-hydroxylation sites is 1. The van der Waals surface area contributed by atoms with Crippen molar-refractivity contribution in [3.05, 3.63) is 81.0 Å². The average molecular weight is 896 g/mol. The number of phenols is 1. The van der Waals surface area contributed by atoms with Crippen molar-refractivity contribution in [3.63, 3.8) is 0 Å². The van der Waals surface area contributed by atoms with Crippen LogP contribution in [0.25, 0.3) is 0 Å². The number of piperazine rings is 1. The summed E-state index contributed by atoms with van der Waals surface area (Å²) in [5.41, 5.74) is 9.77. The number of hydrogen-bond acceptors (Lipinski definition) is 8. The molecule has 3 saturated heterocycles. The Morgan fingerprint density at radius 2 is 1.55 bits per heavy atom. The normalized spacial score (nSPS) is 19.2. The van der Waals surface area contributed by atoms with Gasteiger partial charge in [0.2, 0.25) is 11.8 Å². The molecule has 2 atom stereocenters. The van der Waals surface area contributed by atoms with Gasteiger partial charge in [-0.15, -0.1) is 0 Å². The van der Waals surface area contributed by atoms with E-state index in [9.17, 15) is 19.5 Å². The number of nitrogens with zero attached hydrogens (tertiary/aromatic N) is 6. The number of likely N-dealkylation sites (tertiary alicyclic amines) is 1. The number of nitrogens with one attached hydrogen (secondary N) is 2. The summed E-state index contributed by atoms with van der Waals surface area (Å²) < 4.78 is 0.840. The first-order valence-electron chi connectivity index (χ1n) is 19.4. The summed E-state index contributed by atoms with van der Waals surface area (Å²) in [6, 6.07) is 12.3. The molecule has 0 bridgehead atoms. The highest BCUT2D eigenvalue weighted by atomic mass is 79.9. The number of aromatic nitrogens is 1. The number of aromatic hydroxyl groups is 1. The predicted molar refractivity (Wildman–Crippen MR) is 220 cm³/mol. The first-order valence-corrected chi connectivity index (χ1v) is 21.0. The molecule has 298 valence electrons. The fourth-order valence-electron chi connectivity index (χ4n) is 8.55. The largest absolute Gasteiger partial charge is 0.506 e. The van der Waals surface area contributed by atoms with Gasteiger partial charge in [-0.05, 0) is 124 Å². The zero-order valence-corrected chi connectivity index (χ0v) is 34.5. The minimum atomic E-state index is -1.17. The number of pyridine rings is 1. The zero-order valence-electron chi connectivity index (χ0n) is 31.3. The first kappa shape index (κ1) is 39.8. The van der Waals surface area contributed by atoms with Crippen molar-refractivity contribution < 1.29 is 24.3 Å². The van der Waals surface area contributed by atoms with E-state index in [2.05, 4.69) is 52.4 Å². The number of halogens is 2. The van der Waals surface area contributed by atoms with Gasteiger partial charge in [-0.3, -0.25) is 14.6 Å². The van der Waals surface area contributed by atoms with E-state index in [1.165, 1.54) is 4.90 Å². The fraction of sp³-hybridized carbons (Fsp3) is 0.475. The second-order valence-electron chi connectivity index (χ2n) is 15.1. The van der Waals surface area contributed by atoms with Gasteiger partial charge in [0.25, 0.3) is 0 Å². The Kier molecular flexibility index (Phi) is 12.7. The van der Waals surface area contributed by atoms with Gasteiger partial charge in [-0.1, -0.05) is 18.2 Å². The van der Waals surface area contributed by atoms with E-state index in [0.29, 0.717) is 79.6 Å². The van der Waals surface area contributed by atoms with E-state index >= 15 is 4.79 Å². The lowest BCUT2D eigenvalue weighted by Gasteiger charge is -2.46. The molecule has 4 aliphatic heterocycles. The standard InChI is InChI=1S/C40H49Br2N9O5/c41-31-21-27(22-32(42)36(31)52)24-34(37(43)53)51(40(56)49-15-9-30(10-16-49)50-25-28-3-1-2-4-33(28)46-39(50)55)35(23-26-5-11-44-12-6-26)38(54)48-19-17-47(18-20-48)29-7-13-45-14-8-29/h1-4,7-8,13-14,21-22,26,30,34-35,44,52H,5-6,9-12,15-20,23-25H2,(H2,43,53)(H,46,55)/t34-,35-/m1/s1. The van der Waals surface area contributed by atoms with Crippen LogP contribution < -0.4 is 21.3 Å². The summed E-state index contributed by atoms with van der Waals surface area (Å²) in [6.45, 7) is 4.91. The monoisotopic (exact) mass is 893 g/mol. The Labute approximate surface area is 344 Å². The molecular formula is C40H49Br2N9O5. The minimum Gasteiger partial charge on any atom is -0.506 e. The predicted octanol–water partition coefficient (Wildman–Crippen LogP) is 4.75. The number of benzene rings is 2. The number of anilines is 2. The highest BCUT2D eigenvalue weighted by Crippen LogP contribution is 2.35. The molecule has 0 aliphatic carbocycles. The van der Waals surface area contributed by atoms with Crippen LogP contribution in [0.15, 0.2) is 69.9 Å². The molecule has 16 heteroatoms. The van der Waals surface area contributed by atoms with Gasteiger partial charge >= 0.3 is 12.1 Å². The van der Waals surface area contributed by atoms with Gasteiger partial charge in [-0.25, -0.2) is 9.59 Å². The molecule has 3 aromatic rings. The maximum absolute atomic E-state index is 15.1. The second-order valence-corrected chi connectivity index (χ2v) is 16.8. The highest BCUT2D eigenvalue weighted by molar-refractivity contribution is 9.11. The Hall–Kier alpha value is -4.41. The first-order chi connectivity index (χ1) is 27.1. The van der Waals surface area contributed by atoms with Crippen LogP contribution in [0.3, 0.4) is 0 Å². The molecule has 4 aliphatic rings. The van der Waals surface area contributed by atoms with Crippen LogP contribution in [-0.2, 0) is 22.6 Å². The Bertz CT molecular complexity index is 1880. The third-order valence-electron chi connectivity index (χ3n) is 11.7. The number of hydrogen-bond donors (Lipinski definition) is 4. The van der Waals surface area contributed by atoms with E-state index in [4.69, 9.17) is 5.73 Å². The Balaban J connectivity index is 1.18. The van der Waals surface area contributed by atoms with Gasteiger partial charge in [0.1, 0.15) is 17.8 Å². The Morgan fingerprint density at radius 3 is 2.21 bits per heavy atom. The number of urea groups is 2. The number of primary amides is 1. The average Bonchev–Trinajstić information content (AvgIpc) is 3.22. The maximum atomic E-state index is 15.1. The van der Waals surface area contributed by atoms with Crippen molar-refractivity contribution in [2.24, 2.45) is 11.7 Å². The van der Waals surface area contributed by atoms with Gasteiger partial charge in [0.05, 0.1) is 8.95 Å². The summed E-state index contributed by atoms with van der Waals surface area (Å²) in [6.07, 6.45) is 6.70. The number of phenolic OH excluding ortho intramolecular Hbond substituents is 1. The molecule has 2 aromatic carbocycles. The zero-order chi connectivity index (χ0) is 39.3. The van der Waals surface area contributed by atoms with E-state index in [1.807, 2.05) is 46.2 Å². The number of fused-ring (bicyclic) bond motifs is 1. The summed E-state index contributed by atoms with van der Waals surface area (Å²) in [5, 5.41) is 16.9. The molecule has 0 spiro atoms. The lowest BCUT2D eigenvalue weighted by molar-refractivity contribution is -0.139. The van der Waals surface area contributed by atoms with Crippen LogP contribution in [0.5, 0.6) is 5.75 Å². The Morgan fingerprint density at radius 1 is 0.893 bits per heavy atom. The molecule has 6 amide bonds. The summed E-state index contributed by atoms with van der Waals surface area (Å²) in [5.74, 6) is -0.752. The van der Waals surface area contributed by atoms with Gasteiger partial charge in [0.15, 0.2) is 0 Å². The van der Waals surface area contributed by atoms with Gasteiger partial charge < -0.3 is 46.0 Å². The quantitative estimate of drug-likeness (QED) is 0.226. The number of amides is 6. The maximum Gasteiger partial charge on any atom is 0.322 e. The van der Waals surface area contributed by atoms with Crippen LogP contribution in [0, 0.1) is 5.92 Å². The number of nitrogens with two attached hydrogens (primary N) is 1. The second kappa shape index (κ2) is 17.8. The summed E-state index contributed by atoms with van der Waals surface area (Å²) in [4.78, 5) is 70.2. The van der Waals surface area contributed by atoms with Crippen LogP contribution in [-0.4, -0.2) is 124 Å². The van der Waals surface area contributed by atoms with Crippen LogP contribution >= 0.6 is 31.9 Å². The summed E-state index contributed by atoms with van der Waals surface area (Å²) in [7, 11) is 0. The molecule has 56 heavy (non-hydrogen) atoms. The molecule has 0 saturated carbocycles. The lowest BCUT2D eigenvalue weighted by Crippen LogP contribution is -2.64. The molecule has 1 aromatic heterocycles. The van der Waals surface area contributed by atoms with Crippen molar-refractivity contribution in [1.29, 1.82) is 0 Å². The molecule has 3 fully saturated rings. The molecule has 0 radical (unpaired) electrons. The topological polar surface area (TPSA) is 168 Å². The minimum absolute atomic E-state index is 0.0101. The van der Waals surface area contributed by atoms with Gasteiger partial charge in [0, 0.05) is 82.0 Å². The van der Waals surface area contributed by atoms with Crippen LogP contribution in [0.4, 0.5) is 21.0 Å². The third-order valence-corrected chi connectivity index (χ3v) is 12.9. The number of piperidine rings is 2. The van der Waals surface area contributed by atoms with Crippen molar-refractivity contribution in [1.82, 2.24) is 29.9 Å². The smallest absolute Gasteiger partial charge is 0.322 e. The van der Waals surface area contributed by atoms with Gasteiger partial charge in [-0.2, -0.15) is 0 Å². The van der Waals surface area contributed by atoms with Crippen molar-refractivity contribution >= 4 is 67.1 Å². The van der Waals surface area contributed by atoms with E-state index in [0.717, 1.165) is 42.9 Å². The van der Waals surface area contributed by atoms with Crippen molar-refractivity contribution in [3.8, 4) is 5.75 Å². The molecule has 7 rings (SSSR count). The summed E-state index contributed by atoms with van der Waals surface area (Å²) >= 11 is 6.81. The molecule has 5 N–H and O–H groups in total. The van der Waals surface area contributed by atoms with E-state index < -0.39 is 24.0 Å².